The van der Waals surface area contributed by atoms with Crippen molar-refractivity contribution in [2.24, 2.45) is 0 Å². The van der Waals surface area contributed by atoms with Crippen LogP contribution in [-0.4, -0.2) is 11.1 Å². The number of aryl methyl sites for hydroxylation is 1. The monoisotopic (exact) mass is 265 g/mol. The van der Waals surface area contributed by atoms with E-state index in [4.69, 9.17) is 4.42 Å². The van der Waals surface area contributed by atoms with E-state index in [0.29, 0.717) is 13.0 Å². The standard InChI is InChI=1S/C14H19NO2S/c1-10(8-13(16)14-4-3-7-18-14)15-9-12-6-5-11(2)17-12/h3-7,10,13,15-16H,8-9H2,1-2H3/t10-,13+/m0/s1. The first-order valence-electron chi connectivity index (χ1n) is 6.15. The summed E-state index contributed by atoms with van der Waals surface area (Å²) in [7, 11) is 0. The van der Waals surface area contributed by atoms with E-state index in [9.17, 15) is 5.11 Å². The fourth-order valence-electron chi connectivity index (χ4n) is 1.87. The molecule has 0 radical (unpaired) electrons. The Morgan fingerprint density at radius 2 is 2.22 bits per heavy atom. The second kappa shape index (κ2) is 6.18. The van der Waals surface area contributed by atoms with Gasteiger partial charge in [0.1, 0.15) is 11.5 Å². The van der Waals surface area contributed by atoms with Crippen LogP contribution in [0.4, 0.5) is 0 Å². The van der Waals surface area contributed by atoms with Crippen LogP contribution in [0.15, 0.2) is 34.1 Å². The van der Waals surface area contributed by atoms with Gasteiger partial charge in [-0.15, -0.1) is 11.3 Å². The first kappa shape index (κ1) is 13.3. The van der Waals surface area contributed by atoms with E-state index in [1.165, 1.54) is 0 Å². The number of hydrogen-bond acceptors (Lipinski definition) is 4. The molecule has 2 aromatic heterocycles. The van der Waals surface area contributed by atoms with Crippen molar-refractivity contribution >= 4 is 11.3 Å². The smallest absolute Gasteiger partial charge is 0.117 e. The van der Waals surface area contributed by atoms with Crippen molar-refractivity contribution in [3.63, 3.8) is 0 Å². The van der Waals surface area contributed by atoms with Gasteiger partial charge in [-0.3, -0.25) is 0 Å². The maximum Gasteiger partial charge on any atom is 0.117 e. The summed E-state index contributed by atoms with van der Waals surface area (Å²) in [5, 5.41) is 15.4. The van der Waals surface area contributed by atoms with Gasteiger partial charge in [-0.1, -0.05) is 6.07 Å². The lowest BCUT2D eigenvalue weighted by Gasteiger charge is -2.16. The van der Waals surface area contributed by atoms with Gasteiger partial charge >= 0.3 is 0 Å². The van der Waals surface area contributed by atoms with Gasteiger partial charge in [0, 0.05) is 10.9 Å². The van der Waals surface area contributed by atoms with E-state index in [-0.39, 0.29) is 12.1 Å². The summed E-state index contributed by atoms with van der Waals surface area (Å²) in [4.78, 5) is 1.03. The lowest BCUT2D eigenvalue weighted by molar-refractivity contribution is 0.157. The maximum absolute atomic E-state index is 10.0. The van der Waals surface area contributed by atoms with E-state index in [1.54, 1.807) is 11.3 Å². The number of aliphatic hydroxyl groups excluding tert-OH is 1. The molecule has 4 heteroatoms. The molecule has 0 aliphatic carbocycles. The fourth-order valence-corrected chi connectivity index (χ4v) is 2.59. The molecule has 0 saturated heterocycles. The Morgan fingerprint density at radius 1 is 1.39 bits per heavy atom. The minimum absolute atomic E-state index is 0.243. The zero-order chi connectivity index (χ0) is 13.0. The lowest BCUT2D eigenvalue weighted by Crippen LogP contribution is -2.27. The largest absolute Gasteiger partial charge is 0.465 e. The van der Waals surface area contributed by atoms with E-state index in [2.05, 4.69) is 12.2 Å². The summed E-state index contributed by atoms with van der Waals surface area (Å²) < 4.78 is 5.49. The minimum Gasteiger partial charge on any atom is -0.465 e. The van der Waals surface area contributed by atoms with Gasteiger partial charge in [-0.2, -0.15) is 0 Å². The van der Waals surface area contributed by atoms with Crippen LogP contribution in [0.2, 0.25) is 0 Å². The quantitative estimate of drug-likeness (QED) is 0.842. The molecule has 0 spiro atoms. The normalized spacial score (nSPS) is 14.6. The van der Waals surface area contributed by atoms with Gasteiger partial charge in [0.25, 0.3) is 0 Å². The van der Waals surface area contributed by atoms with Crippen molar-refractivity contribution in [1.29, 1.82) is 0 Å². The molecule has 0 saturated carbocycles. The number of aliphatic hydroxyl groups is 1. The maximum atomic E-state index is 10.0. The molecule has 0 aliphatic rings. The highest BCUT2D eigenvalue weighted by atomic mass is 32.1. The van der Waals surface area contributed by atoms with Crippen molar-refractivity contribution in [2.75, 3.05) is 0 Å². The van der Waals surface area contributed by atoms with Crippen LogP contribution in [-0.2, 0) is 6.54 Å². The second-order valence-corrected chi connectivity index (χ2v) is 5.54. The van der Waals surface area contributed by atoms with Gasteiger partial charge in [0.15, 0.2) is 0 Å². The summed E-state index contributed by atoms with van der Waals surface area (Å²) in [6, 6.07) is 8.12. The van der Waals surface area contributed by atoms with Crippen LogP contribution in [0.5, 0.6) is 0 Å². The number of thiophene rings is 1. The van der Waals surface area contributed by atoms with Gasteiger partial charge in [-0.05, 0) is 43.8 Å². The van der Waals surface area contributed by atoms with Crippen LogP contribution < -0.4 is 5.32 Å². The molecule has 2 heterocycles. The molecule has 98 valence electrons. The number of furan rings is 1. The number of rotatable bonds is 6. The van der Waals surface area contributed by atoms with Crippen molar-refractivity contribution < 1.29 is 9.52 Å². The van der Waals surface area contributed by atoms with Crippen LogP contribution in [0, 0.1) is 6.92 Å². The first-order chi connectivity index (χ1) is 8.65. The lowest BCUT2D eigenvalue weighted by atomic mass is 10.1. The Hall–Kier alpha value is -1.10. The Bertz CT molecular complexity index is 464. The van der Waals surface area contributed by atoms with Crippen LogP contribution in [0.3, 0.4) is 0 Å². The Morgan fingerprint density at radius 3 is 2.83 bits per heavy atom. The van der Waals surface area contributed by atoms with Gasteiger partial charge < -0.3 is 14.8 Å². The molecule has 0 unspecified atom stereocenters. The average Bonchev–Trinajstić information content (AvgIpc) is 2.97. The van der Waals surface area contributed by atoms with Crippen molar-refractivity contribution in [3.8, 4) is 0 Å². The summed E-state index contributed by atoms with van der Waals surface area (Å²) in [6.07, 6.45) is 0.325. The molecule has 0 amide bonds. The fraction of sp³-hybridized carbons (Fsp3) is 0.429. The third-order valence-corrected chi connectivity index (χ3v) is 3.84. The molecule has 2 atom stereocenters. The molecular weight excluding hydrogens is 246 g/mol. The minimum atomic E-state index is -0.383. The number of hydrogen-bond donors (Lipinski definition) is 2. The van der Waals surface area contributed by atoms with E-state index < -0.39 is 0 Å². The van der Waals surface area contributed by atoms with E-state index in [1.807, 2.05) is 36.6 Å². The third-order valence-electron chi connectivity index (χ3n) is 2.87. The Balaban J connectivity index is 1.76. The molecule has 0 aliphatic heterocycles. The zero-order valence-electron chi connectivity index (χ0n) is 10.7. The summed E-state index contributed by atoms with van der Waals surface area (Å²) in [5.41, 5.74) is 0. The van der Waals surface area contributed by atoms with Crippen LogP contribution >= 0.6 is 11.3 Å². The van der Waals surface area contributed by atoms with Gasteiger partial charge in [-0.25, -0.2) is 0 Å². The SMILES string of the molecule is Cc1ccc(CN[C@@H](C)C[C@@H](O)c2cccs2)o1. The van der Waals surface area contributed by atoms with Crippen molar-refractivity contribution in [1.82, 2.24) is 5.32 Å². The topological polar surface area (TPSA) is 45.4 Å². The molecule has 2 aromatic rings. The molecule has 0 bridgehead atoms. The molecule has 2 N–H and O–H groups in total. The zero-order valence-corrected chi connectivity index (χ0v) is 11.5. The molecule has 0 fully saturated rings. The first-order valence-corrected chi connectivity index (χ1v) is 7.03. The molecule has 2 rings (SSSR count). The van der Waals surface area contributed by atoms with Gasteiger partial charge in [0.2, 0.25) is 0 Å². The van der Waals surface area contributed by atoms with Crippen LogP contribution in [0.1, 0.15) is 35.8 Å². The van der Waals surface area contributed by atoms with E-state index in [0.717, 1.165) is 16.4 Å². The van der Waals surface area contributed by atoms with Crippen LogP contribution in [0.25, 0.3) is 0 Å². The van der Waals surface area contributed by atoms with Gasteiger partial charge in [0.05, 0.1) is 12.6 Å². The summed E-state index contributed by atoms with van der Waals surface area (Å²) in [5.74, 6) is 1.86. The third kappa shape index (κ3) is 3.70. The predicted molar refractivity (Wildman–Crippen MR) is 73.6 cm³/mol. The predicted octanol–water partition coefficient (Wildman–Crippen LogP) is 3.25. The number of nitrogens with one attached hydrogen (secondary N) is 1. The molecule has 18 heavy (non-hydrogen) atoms. The highest BCUT2D eigenvalue weighted by Gasteiger charge is 2.13. The average molecular weight is 265 g/mol. The Kier molecular flexibility index (Phi) is 4.58. The highest BCUT2D eigenvalue weighted by Crippen LogP contribution is 2.22. The second-order valence-electron chi connectivity index (χ2n) is 4.56. The van der Waals surface area contributed by atoms with E-state index >= 15 is 0 Å². The van der Waals surface area contributed by atoms with Crippen molar-refractivity contribution in [2.45, 2.75) is 39.0 Å². The summed E-state index contributed by atoms with van der Waals surface area (Å²) in [6.45, 7) is 4.71. The Labute approximate surface area is 111 Å². The van der Waals surface area contributed by atoms with Crippen molar-refractivity contribution in [3.05, 3.63) is 46.0 Å². The molecular formula is C14H19NO2S. The highest BCUT2D eigenvalue weighted by molar-refractivity contribution is 7.10. The summed E-state index contributed by atoms with van der Waals surface area (Å²) >= 11 is 1.59. The molecule has 3 nitrogen and oxygen atoms in total. The molecule has 0 aromatic carbocycles.